The standard InChI is InChI=1S/C21H38.C16H14F4/c1-3-5-17-8-11-21-15-20(13-12-19(21)14-17)18-9-6-16(4-2)7-10-18;1-3-4-10-6-8-12(16(20)14(10)18)11-7-5-9(2)13(17)15(11)19/h16-21H,3-15H2,1-2H3;5-8H,3-4H2,1-2H3. The van der Waals surface area contributed by atoms with Crippen LogP contribution in [0.1, 0.15) is 122 Å². The average molecular weight is 573 g/mol. The first-order valence-electron chi connectivity index (χ1n) is 16.7. The summed E-state index contributed by atoms with van der Waals surface area (Å²) in [4.78, 5) is 0. The van der Waals surface area contributed by atoms with Gasteiger partial charge in [0.25, 0.3) is 0 Å². The maximum atomic E-state index is 14.0. The fourth-order valence-electron chi connectivity index (χ4n) is 8.30. The molecule has 2 aromatic carbocycles. The van der Waals surface area contributed by atoms with Gasteiger partial charge in [-0.2, -0.15) is 0 Å². The zero-order chi connectivity index (χ0) is 29.5. The molecule has 0 bridgehead atoms. The summed E-state index contributed by atoms with van der Waals surface area (Å²) in [5.74, 6) is 2.30. The first-order chi connectivity index (χ1) is 19.8. The first kappa shape index (κ1) is 32.1. The highest BCUT2D eigenvalue weighted by molar-refractivity contribution is 5.66. The van der Waals surface area contributed by atoms with Gasteiger partial charge in [0.15, 0.2) is 23.3 Å². The van der Waals surface area contributed by atoms with Crippen LogP contribution in [0.25, 0.3) is 11.1 Å². The van der Waals surface area contributed by atoms with Crippen molar-refractivity contribution in [3.8, 4) is 11.1 Å². The molecule has 4 atom stereocenters. The van der Waals surface area contributed by atoms with Crippen molar-refractivity contribution < 1.29 is 17.6 Å². The largest absolute Gasteiger partial charge is 0.203 e. The van der Waals surface area contributed by atoms with Gasteiger partial charge in [0.05, 0.1) is 0 Å². The van der Waals surface area contributed by atoms with Crippen molar-refractivity contribution in [2.75, 3.05) is 0 Å². The smallest absolute Gasteiger partial charge is 0.167 e. The Morgan fingerprint density at radius 1 is 0.561 bits per heavy atom. The maximum Gasteiger partial charge on any atom is 0.167 e. The van der Waals surface area contributed by atoms with E-state index in [1.54, 1.807) is 64.2 Å². The van der Waals surface area contributed by atoms with Crippen molar-refractivity contribution in [2.24, 2.45) is 35.5 Å². The van der Waals surface area contributed by atoms with Crippen molar-refractivity contribution >= 4 is 0 Å². The van der Waals surface area contributed by atoms with E-state index in [9.17, 15) is 17.6 Å². The number of hydrogen-bond donors (Lipinski definition) is 0. The molecule has 0 N–H and O–H groups in total. The van der Waals surface area contributed by atoms with E-state index in [2.05, 4.69) is 13.8 Å². The zero-order valence-electron chi connectivity index (χ0n) is 25.9. The average Bonchev–Trinajstić information content (AvgIpc) is 2.99. The highest BCUT2D eigenvalue weighted by Crippen LogP contribution is 2.49. The highest BCUT2D eigenvalue weighted by Gasteiger charge is 2.38. The topological polar surface area (TPSA) is 0 Å². The number of aryl methyl sites for hydroxylation is 2. The van der Waals surface area contributed by atoms with Crippen LogP contribution in [0.15, 0.2) is 24.3 Å². The van der Waals surface area contributed by atoms with Gasteiger partial charge in [-0.05, 0) is 105 Å². The summed E-state index contributed by atoms with van der Waals surface area (Å²) in [6.45, 7) is 8.02. The van der Waals surface area contributed by atoms with Crippen LogP contribution in [0, 0.1) is 65.7 Å². The SMILES string of the molecule is CCCC1CCC2CC(C3CCC(CC)CC3)CCC2C1.CCCc1ccc(-c2ccc(C)c(F)c2F)c(F)c1F. The van der Waals surface area contributed by atoms with Crippen molar-refractivity contribution in [3.05, 3.63) is 58.7 Å². The van der Waals surface area contributed by atoms with Crippen LogP contribution in [-0.4, -0.2) is 0 Å². The lowest BCUT2D eigenvalue weighted by atomic mass is 9.60. The lowest BCUT2D eigenvalue weighted by Gasteiger charge is -2.45. The molecule has 4 heteroatoms. The molecule has 0 radical (unpaired) electrons. The molecule has 228 valence electrons. The van der Waals surface area contributed by atoms with Crippen LogP contribution in [0.3, 0.4) is 0 Å². The predicted octanol–water partition coefficient (Wildman–Crippen LogP) is 12.0. The Kier molecular flexibility index (Phi) is 11.8. The molecule has 5 rings (SSSR count). The monoisotopic (exact) mass is 572 g/mol. The fraction of sp³-hybridized carbons (Fsp3) is 0.676. The van der Waals surface area contributed by atoms with Gasteiger partial charge in [-0.3, -0.25) is 0 Å². The van der Waals surface area contributed by atoms with Gasteiger partial charge in [0.2, 0.25) is 0 Å². The van der Waals surface area contributed by atoms with Crippen LogP contribution >= 0.6 is 0 Å². The van der Waals surface area contributed by atoms with Gasteiger partial charge in [-0.15, -0.1) is 0 Å². The summed E-state index contributed by atoms with van der Waals surface area (Å²) >= 11 is 0. The molecule has 0 saturated heterocycles. The molecule has 0 heterocycles. The minimum absolute atomic E-state index is 0.120. The van der Waals surface area contributed by atoms with Crippen molar-refractivity contribution in [3.63, 3.8) is 0 Å². The Balaban J connectivity index is 0.000000189. The van der Waals surface area contributed by atoms with Crippen LogP contribution < -0.4 is 0 Å². The summed E-state index contributed by atoms with van der Waals surface area (Å²) in [6, 6.07) is 5.29. The molecule has 2 aromatic rings. The lowest BCUT2D eigenvalue weighted by Crippen LogP contribution is -2.34. The maximum absolute atomic E-state index is 14.0. The Bertz CT molecular complexity index is 1120. The number of benzene rings is 2. The second-order valence-electron chi connectivity index (χ2n) is 13.5. The first-order valence-corrected chi connectivity index (χ1v) is 16.7. The minimum Gasteiger partial charge on any atom is -0.203 e. The van der Waals surface area contributed by atoms with Crippen LogP contribution in [0.5, 0.6) is 0 Å². The van der Waals surface area contributed by atoms with E-state index in [0.717, 1.165) is 35.5 Å². The summed E-state index contributed by atoms with van der Waals surface area (Å²) in [5, 5.41) is 0. The van der Waals surface area contributed by atoms with Gasteiger partial charge in [0.1, 0.15) is 0 Å². The fourth-order valence-corrected chi connectivity index (χ4v) is 8.30. The van der Waals surface area contributed by atoms with Gasteiger partial charge in [0, 0.05) is 11.1 Å². The van der Waals surface area contributed by atoms with Crippen molar-refractivity contribution in [1.29, 1.82) is 0 Å². The van der Waals surface area contributed by atoms with E-state index in [0.29, 0.717) is 12.8 Å². The third-order valence-electron chi connectivity index (χ3n) is 10.8. The molecule has 0 nitrogen and oxygen atoms in total. The molecular formula is C37H52F4. The van der Waals surface area contributed by atoms with Gasteiger partial charge < -0.3 is 0 Å². The van der Waals surface area contributed by atoms with E-state index in [-0.39, 0.29) is 22.3 Å². The molecule has 0 amide bonds. The van der Waals surface area contributed by atoms with E-state index < -0.39 is 23.3 Å². The molecule has 3 fully saturated rings. The van der Waals surface area contributed by atoms with Crippen LogP contribution in [0.4, 0.5) is 17.6 Å². The number of halogens is 4. The van der Waals surface area contributed by atoms with Gasteiger partial charge >= 0.3 is 0 Å². The number of rotatable bonds is 7. The quantitative estimate of drug-likeness (QED) is 0.290. The Morgan fingerprint density at radius 3 is 1.73 bits per heavy atom. The molecule has 0 aliphatic heterocycles. The molecule has 3 aliphatic rings. The number of hydrogen-bond acceptors (Lipinski definition) is 0. The summed E-state index contributed by atoms with van der Waals surface area (Å²) in [7, 11) is 0. The molecule has 4 unspecified atom stereocenters. The third kappa shape index (κ3) is 7.77. The molecule has 3 saturated carbocycles. The minimum atomic E-state index is -1.16. The van der Waals surface area contributed by atoms with E-state index >= 15 is 0 Å². The normalized spacial score (nSPS) is 28.0. The van der Waals surface area contributed by atoms with Crippen LogP contribution in [-0.2, 0) is 6.42 Å². The van der Waals surface area contributed by atoms with E-state index in [1.807, 2.05) is 6.92 Å². The summed E-state index contributed by atoms with van der Waals surface area (Å²) < 4.78 is 55.2. The van der Waals surface area contributed by atoms with Crippen LogP contribution in [0.2, 0.25) is 0 Å². The second kappa shape index (κ2) is 15.1. The number of fused-ring (bicyclic) bond motifs is 1. The van der Waals surface area contributed by atoms with E-state index in [4.69, 9.17) is 0 Å². The summed E-state index contributed by atoms with van der Waals surface area (Å²) in [6.07, 6.45) is 21.2. The Hall–Kier alpha value is -1.84. The zero-order valence-corrected chi connectivity index (χ0v) is 25.9. The lowest BCUT2D eigenvalue weighted by molar-refractivity contribution is 0.0582. The van der Waals surface area contributed by atoms with Crippen molar-refractivity contribution in [2.45, 2.75) is 124 Å². The molecule has 0 aromatic heterocycles. The Morgan fingerprint density at radius 2 is 1.10 bits per heavy atom. The predicted molar refractivity (Wildman–Crippen MR) is 163 cm³/mol. The summed E-state index contributed by atoms with van der Waals surface area (Å²) in [5.41, 5.74) is -0.178. The Labute approximate surface area is 246 Å². The molecular weight excluding hydrogens is 520 g/mol. The second-order valence-corrected chi connectivity index (χ2v) is 13.5. The highest BCUT2D eigenvalue weighted by atomic mass is 19.2. The molecule has 0 spiro atoms. The van der Waals surface area contributed by atoms with Gasteiger partial charge in [-0.25, -0.2) is 17.6 Å². The molecule has 3 aliphatic carbocycles. The van der Waals surface area contributed by atoms with Crippen molar-refractivity contribution in [1.82, 2.24) is 0 Å². The molecule has 41 heavy (non-hydrogen) atoms. The third-order valence-corrected chi connectivity index (χ3v) is 10.8. The van der Waals surface area contributed by atoms with Gasteiger partial charge in [-0.1, -0.05) is 90.0 Å². The van der Waals surface area contributed by atoms with E-state index in [1.165, 1.54) is 50.5 Å².